The highest BCUT2D eigenvalue weighted by Crippen LogP contribution is 2.20. The van der Waals surface area contributed by atoms with E-state index in [1.165, 1.54) is 50.9 Å². The Morgan fingerprint density at radius 2 is 1.83 bits per heavy atom. The number of hydrogen-bond acceptors (Lipinski definition) is 3. The van der Waals surface area contributed by atoms with Crippen LogP contribution in [0.15, 0.2) is 35.3 Å². The van der Waals surface area contributed by atoms with Crippen LogP contribution in [0.1, 0.15) is 52.0 Å². The van der Waals surface area contributed by atoms with Gasteiger partial charge in [0.1, 0.15) is 0 Å². The molecule has 2 N–H and O–H groups in total. The van der Waals surface area contributed by atoms with Gasteiger partial charge in [-0.1, -0.05) is 30.3 Å². The molecule has 2 aliphatic heterocycles. The minimum Gasteiger partial charge on any atom is -0.357 e. The van der Waals surface area contributed by atoms with Crippen LogP contribution in [0.2, 0.25) is 0 Å². The van der Waals surface area contributed by atoms with Gasteiger partial charge in [-0.05, 0) is 58.6 Å². The van der Waals surface area contributed by atoms with Crippen LogP contribution < -0.4 is 10.6 Å². The molecule has 0 spiro atoms. The highest BCUT2D eigenvalue weighted by molar-refractivity contribution is 14.0. The summed E-state index contributed by atoms with van der Waals surface area (Å²) in [6, 6.07) is 12.6. The first kappa shape index (κ1) is 24.4. The molecule has 1 aromatic rings. The fourth-order valence-electron chi connectivity index (χ4n) is 4.40. The van der Waals surface area contributed by atoms with E-state index in [9.17, 15) is 0 Å². The summed E-state index contributed by atoms with van der Waals surface area (Å²) in [5, 5.41) is 7.16. The Morgan fingerprint density at radius 3 is 2.48 bits per heavy atom. The van der Waals surface area contributed by atoms with Gasteiger partial charge in [0.25, 0.3) is 0 Å². The van der Waals surface area contributed by atoms with E-state index in [1.54, 1.807) is 0 Å². The topological polar surface area (TPSA) is 42.9 Å². The molecule has 5 nitrogen and oxygen atoms in total. The van der Waals surface area contributed by atoms with Crippen molar-refractivity contribution in [2.24, 2.45) is 4.99 Å². The van der Waals surface area contributed by atoms with Crippen LogP contribution in [0, 0.1) is 0 Å². The molecule has 2 fully saturated rings. The van der Waals surface area contributed by atoms with Crippen LogP contribution >= 0.6 is 24.0 Å². The Balaban J connectivity index is 0.00000300. The van der Waals surface area contributed by atoms with Crippen LogP contribution in [0.25, 0.3) is 0 Å². The third kappa shape index (κ3) is 7.72. The van der Waals surface area contributed by atoms with E-state index in [0.29, 0.717) is 18.1 Å². The summed E-state index contributed by atoms with van der Waals surface area (Å²) in [6.45, 7) is 13.1. The number of benzene rings is 1. The van der Waals surface area contributed by atoms with Crippen molar-refractivity contribution in [2.45, 2.75) is 71.1 Å². The van der Waals surface area contributed by atoms with E-state index in [2.05, 4.69) is 71.5 Å². The van der Waals surface area contributed by atoms with Crippen LogP contribution in [-0.2, 0) is 6.54 Å². The third-order valence-corrected chi connectivity index (χ3v) is 6.13. The van der Waals surface area contributed by atoms with Crippen molar-refractivity contribution >= 4 is 29.9 Å². The monoisotopic (exact) mass is 513 g/mol. The lowest BCUT2D eigenvalue weighted by atomic mass is 10.0. The van der Waals surface area contributed by atoms with E-state index < -0.39 is 0 Å². The molecule has 2 aliphatic rings. The van der Waals surface area contributed by atoms with Crippen LogP contribution in [0.3, 0.4) is 0 Å². The van der Waals surface area contributed by atoms with E-state index in [4.69, 9.17) is 4.99 Å². The predicted octanol–water partition coefficient (Wildman–Crippen LogP) is 3.70. The van der Waals surface area contributed by atoms with Gasteiger partial charge in [-0.2, -0.15) is 0 Å². The molecule has 0 aromatic heterocycles. The van der Waals surface area contributed by atoms with Crippen molar-refractivity contribution < 1.29 is 0 Å². The normalized spacial score (nSPS) is 21.9. The number of likely N-dealkylation sites (tertiary alicyclic amines) is 2. The Bertz CT molecular complexity index is 599. The second-order valence-corrected chi connectivity index (χ2v) is 8.52. The third-order valence-electron chi connectivity index (χ3n) is 6.13. The Hall–Kier alpha value is -0.860. The zero-order valence-electron chi connectivity index (χ0n) is 18.4. The predicted molar refractivity (Wildman–Crippen MR) is 134 cm³/mol. The molecule has 0 amide bonds. The average molecular weight is 514 g/mol. The number of nitrogens with zero attached hydrogens (tertiary/aromatic N) is 3. The number of piperidine rings is 1. The van der Waals surface area contributed by atoms with Crippen LogP contribution in [0.5, 0.6) is 0 Å². The SMILES string of the molecule is CCNC(=NCC1CCCN1Cc1ccccc1)NC1CCN(C(C)C)CC1.I. The lowest BCUT2D eigenvalue weighted by Crippen LogP contribution is -2.50. The molecule has 29 heavy (non-hydrogen) atoms. The van der Waals surface area contributed by atoms with E-state index in [0.717, 1.165) is 25.6 Å². The van der Waals surface area contributed by atoms with Crippen molar-refractivity contribution in [3.8, 4) is 0 Å². The van der Waals surface area contributed by atoms with E-state index in [1.807, 2.05) is 0 Å². The maximum absolute atomic E-state index is 4.97. The number of aliphatic imine (C=N–C) groups is 1. The fraction of sp³-hybridized carbons (Fsp3) is 0.696. The average Bonchev–Trinajstić information content (AvgIpc) is 3.14. The summed E-state index contributed by atoms with van der Waals surface area (Å²) in [5.74, 6) is 0.997. The van der Waals surface area contributed by atoms with Gasteiger partial charge in [0.15, 0.2) is 5.96 Å². The molecule has 1 unspecified atom stereocenters. The van der Waals surface area contributed by atoms with Crippen molar-refractivity contribution in [1.82, 2.24) is 20.4 Å². The van der Waals surface area contributed by atoms with Gasteiger partial charge in [-0.15, -0.1) is 24.0 Å². The molecule has 2 saturated heterocycles. The van der Waals surface area contributed by atoms with E-state index in [-0.39, 0.29) is 24.0 Å². The van der Waals surface area contributed by atoms with Crippen molar-refractivity contribution in [2.75, 3.05) is 32.7 Å². The molecule has 3 rings (SSSR count). The first-order valence-electron chi connectivity index (χ1n) is 11.2. The Labute approximate surface area is 194 Å². The van der Waals surface area contributed by atoms with Gasteiger partial charge in [-0.3, -0.25) is 9.89 Å². The lowest BCUT2D eigenvalue weighted by molar-refractivity contribution is 0.167. The maximum Gasteiger partial charge on any atom is 0.191 e. The molecular formula is C23H40IN5. The summed E-state index contributed by atoms with van der Waals surface area (Å²) in [7, 11) is 0. The summed E-state index contributed by atoms with van der Waals surface area (Å²) in [6.07, 6.45) is 4.94. The van der Waals surface area contributed by atoms with Gasteiger partial charge in [0.2, 0.25) is 0 Å². The highest BCUT2D eigenvalue weighted by Gasteiger charge is 2.25. The number of hydrogen-bond donors (Lipinski definition) is 2. The number of rotatable bonds is 7. The molecule has 0 radical (unpaired) electrons. The molecule has 6 heteroatoms. The van der Waals surface area contributed by atoms with Crippen molar-refractivity contribution in [3.63, 3.8) is 0 Å². The zero-order valence-corrected chi connectivity index (χ0v) is 20.8. The van der Waals surface area contributed by atoms with Crippen LogP contribution in [-0.4, -0.2) is 66.6 Å². The summed E-state index contributed by atoms with van der Waals surface area (Å²) in [4.78, 5) is 10.1. The van der Waals surface area contributed by atoms with E-state index >= 15 is 0 Å². The van der Waals surface area contributed by atoms with Gasteiger partial charge >= 0.3 is 0 Å². The largest absolute Gasteiger partial charge is 0.357 e. The standard InChI is InChI=1S/C23H39N5.HI/c1-4-24-23(26-21-12-15-27(16-13-21)19(2)3)25-17-22-11-8-14-28(22)18-20-9-6-5-7-10-20;/h5-7,9-10,19,21-22H,4,8,11-18H2,1-3H3,(H2,24,25,26);1H. The Morgan fingerprint density at radius 1 is 1.10 bits per heavy atom. The summed E-state index contributed by atoms with van der Waals surface area (Å²) < 4.78 is 0. The van der Waals surface area contributed by atoms with Crippen molar-refractivity contribution in [3.05, 3.63) is 35.9 Å². The lowest BCUT2D eigenvalue weighted by Gasteiger charge is -2.35. The second-order valence-electron chi connectivity index (χ2n) is 8.52. The molecule has 0 saturated carbocycles. The maximum atomic E-state index is 4.97. The van der Waals surface area contributed by atoms with Gasteiger partial charge in [-0.25, -0.2) is 0 Å². The highest BCUT2D eigenvalue weighted by atomic mass is 127. The van der Waals surface area contributed by atoms with Gasteiger partial charge in [0.05, 0.1) is 6.54 Å². The molecule has 0 bridgehead atoms. The minimum atomic E-state index is 0. The first-order chi connectivity index (χ1) is 13.7. The molecule has 1 atom stereocenters. The molecule has 164 valence electrons. The van der Waals surface area contributed by atoms with Crippen molar-refractivity contribution in [1.29, 1.82) is 0 Å². The molecule has 2 heterocycles. The number of halogens is 1. The second kappa shape index (κ2) is 12.7. The van der Waals surface area contributed by atoms with Crippen LogP contribution in [0.4, 0.5) is 0 Å². The zero-order chi connectivity index (χ0) is 19.8. The Kier molecular flexibility index (Phi) is 10.7. The first-order valence-corrected chi connectivity index (χ1v) is 11.2. The molecule has 0 aliphatic carbocycles. The molecular weight excluding hydrogens is 473 g/mol. The number of guanidine groups is 1. The van der Waals surface area contributed by atoms with Gasteiger partial charge in [0, 0.05) is 44.3 Å². The summed E-state index contributed by atoms with van der Waals surface area (Å²) >= 11 is 0. The smallest absolute Gasteiger partial charge is 0.191 e. The van der Waals surface area contributed by atoms with Gasteiger partial charge < -0.3 is 15.5 Å². The summed E-state index contributed by atoms with van der Waals surface area (Å²) in [5.41, 5.74) is 1.40. The quantitative estimate of drug-likeness (QED) is 0.332. The fourth-order valence-corrected chi connectivity index (χ4v) is 4.40. The minimum absolute atomic E-state index is 0. The number of nitrogens with one attached hydrogen (secondary N) is 2. The molecule has 1 aromatic carbocycles.